The molecule has 2 aliphatic rings. The summed E-state index contributed by atoms with van der Waals surface area (Å²) in [6.45, 7) is -0.120. The molecule has 2 heterocycles. The van der Waals surface area contributed by atoms with Gasteiger partial charge in [0, 0.05) is 33.7 Å². The number of benzene rings is 10. The summed E-state index contributed by atoms with van der Waals surface area (Å²) in [4.78, 5) is 5.15. The van der Waals surface area contributed by atoms with Gasteiger partial charge in [-0.1, -0.05) is 188 Å². The minimum Gasteiger partial charge on any atom is -0.376 e. The second-order valence-corrected chi connectivity index (χ2v) is 16.1. The van der Waals surface area contributed by atoms with Crippen molar-refractivity contribution in [1.29, 1.82) is 0 Å². The monoisotopic (exact) mass is 774 g/mol. The zero-order chi connectivity index (χ0) is 40.3. The Hall–Kier alpha value is -7.88. The maximum atomic E-state index is 2.61. The normalized spacial score (nSPS) is 12.5. The van der Waals surface area contributed by atoms with Gasteiger partial charge < -0.3 is 9.71 Å². The molecule has 0 radical (unpaired) electrons. The molecule has 0 N–H and O–H groups in total. The smallest absolute Gasteiger partial charge is 0.333 e. The summed E-state index contributed by atoms with van der Waals surface area (Å²) in [6, 6.07) is 86.9. The van der Waals surface area contributed by atoms with Crippen molar-refractivity contribution in [1.82, 2.24) is 0 Å². The second kappa shape index (κ2) is 14.4. The van der Waals surface area contributed by atoms with Crippen LogP contribution in [-0.4, -0.2) is 6.85 Å². The van der Waals surface area contributed by atoms with E-state index in [-0.39, 0.29) is 6.85 Å². The van der Waals surface area contributed by atoms with E-state index in [0.717, 1.165) is 11.4 Å². The Morgan fingerprint density at radius 3 is 1.33 bits per heavy atom. The van der Waals surface area contributed by atoms with Gasteiger partial charge in [-0.2, -0.15) is 0 Å². The van der Waals surface area contributed by atoms with E-state index in [1.807, 2.05) is 0 Å². The predicted octanol–water partition coefficient (Wildman–Crippen LogP) is 14.2. The van der Waals surface area contributed by atoms with Crippen molar-refractivity contribution < 1.29 is 0 Å². The van der Waals surface area contributed by atoms with Gasteiger partial charge in [0.2, 0.25) is 0 Å². The average molecular weight is 775 g/mol. The Morgan fingerprint density at radius 1 is 0.311 bits per heavy atom. The molecule has 0 amide bonds. The zero-order valence-corrected chi connectivity index (χ0v) is 33.5. The fraction of sp³-hybridized carbons (Fsp3) is 0. The Balaban J connectivity index is 1.16. The summed E-state index contributed by atoms with van der Waals surface area (Å²) < 4.78 is 0. The van der Waals surface area contributed by atoms with Crippen LogP contribution in [0.2, 0.25) is 0 Å². The number of fused-ring (bicyclic) bond motifs is 6. The van der Waals surface area contributed by atoms with Gasteiger partial charge >= 0.3 is 6.85 Å². The standard InChI is InChI=1S/C58H39BN2/c1-5-15-40(16-6-1)44-25-31-49(32-26-44)60-56-36-30-47(43-21-11-4-12-22-43)39-54(56)59-57-53(38-48-23-13-14-24-51(48)58(57)60)52-37-46(42-19-9-3-10-20-42)29-35-55(52)61(59)50-33-27-45(28-34-50)41-17-7-2-8-18-41/h1-39H. The van der Waals surface area contributed by atoms with E-state index >= 15 is 0 Å². The van der Waals surface area contributed by atoms with E-state index in [2.05, 4.69) is 246 Å². The quantitative estimate of drug-likeness (QED) is 0.155. The maximum absolute atomic E-state index is 2.61. The van der Waals surface area contributed by atoms with E-state index in [1.165, 1.54) is 94.4 Å². The van der Waals surface area contributed by atoms with E-state index in [1.54, 1.807) is 0 Å². The fourth-order valence-corrected chi connectivity index (χ4v) is 9.76. The summed E-state index contributed by atoms with van der Waals surface area (Å²) in [7, 11) is 0. The van der Waals surface area contributed by atoms with E-state index < -0.39 is 0 Å². The number of hydrogen-bond acceptors (Lipinski definition) is 2. The van der Waals surface area contributed by atoms with Gasteiger partial charge in [0.05, 0.1) is 5.69 Å². The molecule has 2 nitrogen and oxygen atoms in total. The third-order valence-electron chi connectivity index (χ3n) is 12.6. The Morgan fingerprint density at radius 2 is 0.754 bits per heavy atom. The number of anilines is 5. The molecule has 2 aliphatic heterocycles. The zero-order valence-electron chi connectivity index (χ0n) is 33.5. The van der Waals surface area contributed by atoms with Crippen LogP contribution in [0, 0.1) is 0 Å². The number of rotatable bonds is 6. The lowest BCUT2D eigenvalue weighted by molar-refractivity contribution is 1.28. The molecule has 12 rings (SSSR count). The molecule has 0 bridgehead atoms. The SMILES string of the molecule is c1ccc(-c2ccc(N3B4c5cc(-c6ccccc6)ccc5N(c5ccc(-c6ccccc6)cc5)c5c4c(cc4ccccc54)-c4cc(-c5ccccc5)ccc43)cc2)cc1. The molecule has 0 fully saturated rings. The van der Waals surface area contributed by atoms with Crippen LogP contribution in [0.5, 0.6) is 0 Å². The van der Waals surface area contributed by atoms with Gasteiger partial charge in [-0.05, 0) is 115 Å². The molecular weight excluding hydrogens is 735 g/mol. The summed E-state index contributed by atoms with van der Waals surface area (Å²) in [5, 5.41) is 2.46. The van der Waals surface area contributed by atoms with Gasteiger partial charge in [-0.3, -0.25) is 0 Å². The highest BCUT2D eigenvalue weighted by Crippen LogP contribution is 2.50. The van der Waals surface area contributed by atoms with Crippen LogP contribution in [-0.2, 0) is 0 Å². The second-order valence-electron chi connectivity index (χ2n) is 16.1. The van der Waals surface area contributed by atoms with E-state index in [0.29, 0.717) is 0 Å². The van der Waals surface area contributed by atoms with Crippen molar-refractivity contribution in [2.24, 2.45) is 0 Å². The molecular formula is C58H39BN2. The van der Waals surface area contributed by atoms with Crippen molar-refractivity contribution in [2.75, 3.05) is 9.71 Å². The maximum Gasteiger partial charge on any atom is 0.333 e. The minimum atomic E-state index is -0.120. The van der Waals surface area contributed by atoms with Gasteiger partial charge in [0.15, 0.2) is 0 Å². The highest BCUT2D eigenvalue weighted by molar-refractivity contribution is 6.94. The molecule has 10 aromatic rings. The minimum absolute atomic E-state index is 0.120. The van der Waals surface area contributed by atoms with Gasteiger partial charge in [0.1, 0.15) is 0 Å². The molecule has 0 saturated heterocycles. The lowest BCUT2D eigenvalue weighted by Gasteiger charge is -2.46. The number of hydrogen-bond donors (Lipinski definition) is 0. The summed E-state index contributed by atoms with van der Waals surface area (Å²) in [5.74, 6) is 0. The van der Waals surface area contributed by atoms with Crippen molar-refractivity contribution in [3.8, 4) is 55.6 Å². The van der Waals surface area contributed by atoms with Crippen LogP contribution in [0.3, 0.4) is 0 Å². The first-order valence-corrected chi connectivity index (χ1v) is 21.1. The third-order valence-corrected chi connectivity index (χ3v) is 12.6. The lowest BCUT2D eigenvalue weighted by Crippen LogP contribution is -2.61. The molecule has 3 heteroatoms. The first kappa shape index (κ1) is 35.1. The van der Waals surface area contributed by atoms with Crippen molar-refractivity contribution in [3.05, 3.63) is 237 Å². The Labute approximate surface area is 357 Å². The molecule has 0 aromatic heterocycles. The average Bonchev–Trinajstić information content (AvgIpc) is 3.35. The molecule has 0 atom stereocenters. The molecule has 284 valence electrons. The van der Waals surface area contributed by atoms with Crippen LogP contribution >= 0.6 is 0 Å². The van der Waals surface area contributed by atoms with E-state index in [4.69, 9.17) is 0 Å². The van der Waals surface area contributed by atoms with E-state index in [9.17, 15) is 0 Å². The van der Waals surface area contributed by atoms with Crippen LogP contribution in [0.15, 0.2) is 237 Å². The molecule has 0 unspecified atom stereocenters. The van der Waals surface area contributed by atoms with Gasteiger partial charge in [0.25, 0.3) is 0 Å². The van der Waals surface area contributed by atoms with Crippen LogP contribution in [0.4, 0.5) is 28.4 Å². The van der Waals surface area contributed by atoms with Crippen LogP contribution in [0.1, 0.15) is 0 Å². The van der Waals surface area contributed by atoms with Crippen LogP contribution in [0.25, 0.3) is 66.4 Å². The largest absolute Gasteiger partial charge is 0.376 e. The van der Waals surface area contributed by atoms with Crippen molar-refractivity contribution in [3.63, 3.8) is 0 Å². The molecule has 10 aromatic carbocycles. The van der Waals surface area contributed by atoms with Crippen molar-refractivity contribution >= 4 is 57.0 Å². The van der Waals surface area contributed by atoms with Crippen molar-refractivity contribution in [2.45, 2.75) is 0 Å². The Bertz CT molecular complexity index is 3220. The summed E-state index contributed by atoms with van der Waals surface area (Å²) in [6.07, 6.45) is 0. The number of nitrogens with zero attached hydrogens (tertiary/aromatic N) is 2. The first-order chi connectivity index (χ1) is 30.3. The molecule has 0 spiro atoms. The van der Waals surface area contributed by atoms with Gasteiger partial charge in [-0.15, -0.1) is 0 Å². The predicted molar refractivity (Wildman–Crippen MR) is 259 cm³/mol. The molecule has 0 aliphatic carbocycles. The fourth-order valence-electron chi connectivity index (χ4n) is 9.76. The highest BCUT2D eigenvalue weighted by Gasteiger charge is 2.46. The third kappa shape index (κ3) is 5.89. The Kier molecular flexibility index (Phi) is 8.31. The first-order valence-electron chi connectivity index (χ1n) is 21.1. The molecule has 0 saturated carbocycles. The lowest BCUT2D eigenvalue weighted by atomic mass is 9.43. The summed E-state index contributed by atoms with van der Waals surface area (Å²) in [5.41, 5.74) is 20.6. The molecule has 61 heavy (non-hydrogen) atoms. The topological polar surface area (TPSA) is 6.48 Å². The van der Waals surface area contributed by atoms with Crippen LogP contribution < -0.4 is 20.6 Å². The highest BCUT2D eigenvalue weighted by atomic mass is 15.2. The van der Waals surface area contributed by atoms with Gasteiger partial charge in [-0.25, -0.2) is 0 Å². The summed E-state index contributed by atoms with van der Waals surface area (Å²) >= 11 is 0.